The molecule has 27 heavy (non-hydrogen) atoms. The van der Waals surface area contributed by atoms with Gasteiger partial charge in [0.05, 0.1) is 14.2 Å². The van der Waals surface area contributed by atoms with Crippen molar-refractivity contribution in [3.05, 3.63) is 65.2 Å². The molecule has 8 heteroatoms. The van der Waals surface area contributed by atoms with E-state index in [4.69, 9.17) is 9.47 Å². The van der Waals surface area contributed by atoms with Gasteiger partial charge in [0.15, 0.2) is 5.13 Å². The number of anilines is 2. The number of nitrogens with zero attached hydrogens (tertiary/aromatic N) is 1. The fraction of sp³-hybridized carbons (Fsp3) is 0.105. The largest absolute Gasteiger partial charge is 0.496 e. The Morgan fingerprint density at radius 1 is 0.963 bits per heavy atom. The maximum absolute atomic E-state index is 12.7. The summed E-state index contributed by atoms with van der Waals surface area (Å²) in [7, 11) is 2.96. The molecule has 2 aromatic carbocycles. The second-order valence-corrected chi connectivity index (χ2v) is 6.26. The Morgan fingerprint density at radius 3 is 2.30 bits per heavy atom. The number of thiazole rings is 1. The normalized spacial score (nSPS) is 10.1. The first-order valence-electron chi connectivity index (χ1n) is 7.95. The van der Waals surface area contributed by atoms with Gasteiger partial charge in [-0.15, -0.1) is 11.3 Å². The second-order valence-electron chi connectivity index (χ2n) is 5.36. The van der Waals surface area contributed by atoms with Crippen molar-refractivity contribution in [2.24, 2.45) is 0 Å². The van der Waals surface area contributed by atoms with Gasteiger partial charge in [0.1, 0.15) is 17.1 Å². The number of nitrogens with one attached hydrogen (secondary N) is 2. The molecule has 3 aromatic rings. The molecule has 0 fully saturated rings. The van der Waals surface area contributed by atoms with Crippen LogP contribution in [0.4, 0.5) is 10.8 Å². The molecule has 0 atom stereocenters. The second kappa shape index (κ2) is 8.33. The Kier molecular flexibility index (Phi) is 5.68. The van der Waals surface area contributed by atoms with E-state index in [0.717, 1.165) is 0 Å². The van der Waals surface area contributed by atoms with Crippen molar-refractivity contribution >= 4 is 34.0 Å². The van der Waals surface area contributed by atoms with Crippen LogP contribution >= 0.6 is 11.3 Å². The highest BCUT2D eigenvalue weighted by Gasteiger charge is 2.18. The molecule has 1 heterocycles. The van der Waals surface area contributed by atoms with Crippen molar-refractivity contribution in [1.82, 2.24) is 4.98 Å². The summed E-state index contributed by atoms with van der Waals surface area (Å²) < 4.78 is 10.5. The Morgan fingerprint density at radius 2 is 1.67 bits per heavy atom. The van der Waals surface area contributed by atoms with Crippen LogP contribution in [0.1, 0.15) is 20.7 Å². The molecule has 0 aliphatic carbocycles. The molecule has 0 saturated carbocycles. The molecular weight excluding hydrogens is 366 g/mol. The van der Waals surface area contributed by atoms with E-state index >= 15 is 0 Å². The highest BCUT2D eigenvalue weighted by molar-refractivity contribution is 7.13. The van der Waals surface area contributed by atoms with Crippen LogP contribution in [0, 0.1) is 0 Å². The van der Waals surface area contributed by atoms with Gasteiger partial charge in [0.2, 0.25) is 0 Å². The van der Waals surface area contributed by atoms with Gasteiger partial charge < -0.3 is 14.8 Å². The molecule has 0 unspecified atom stereocenters. The first-order valence-corrected chi connectivity index (χ1v) is 8.83. The maximum Gasteiger partial charge on any atom is 0.263 e. The van der Waals surface area contributed by atoms with Gasteiger partial charge in [-0.1, -0.05) is 12.1 Å². The number of carbonyl (C=O) groups excluding carboxylic acids is 2. The molecule has 0 aliphatic rings. The number of methoxy groups -OCH3 is 2. The Balaban J connectivity index is 1.80. The van der Waals surface area contributed by atoms with Crippen LogP contribution in [0.5, 0.6) is 11.5 Å². The summed E-state index contributed by atoms with van der Waals surface area (Å²) in [5.74, 6) is 0.0757. The summed E-state index contributed by atoms with van der Waals surface area (Å²) in [4.78, 5) is 29.1. The highest BCUT2D eigenvalue weighted by atomic mass is 32.1. The summed E-state index contributed by atoms with van der Waals surface area (Å²) in [5.41, 5.74) is 1.15. The molecule has 0 radical (unpaired) electrons. The van der Waals surface area contributed by atoms with E-state index < -0.39 is 5.91 Å². The van der Waals surface area contributed by atoms with Crippen LogP contribution in [0.3, 0.4) is 0 Å². The van der Waals surface area contributed by atoms with Crippen molar-refractivity contribution in [3.8, 4) is 11.5 Å². The minimum Gasteiger partial charge on any atom is -0.496 e. The first kappa shape index (κ1) is 18.4. The van der Waals surface area contributed by atoms with Gasteiger partial charge in [0, 0.05) is 22.8 Å². The average Bonchev–Trinajstić information content (AvgIpc) is 3.20. The van der Waals surface area contributed by atoms with Gasteiger partial charge in [-0.3, -0.25) is 14.9 Å². The van der Waals surface area contributed by atoms with Crippen LogP contribution in [-0.4, -0.2) is 31.0 Å². The lowest BCUT2D eigenvalue weighted by Crippen LogP contribution is -2.16. The van der Waals surface area contributed by atoms with Crippen molar-refractivity contribution < 1.29 is 19.1 Å². The van der Waals surface area contributed by atoms with Gasteiger partial charge in [-0.05, 0) is 30.3 Å². The Hall–Kier alpha value is -3.39. The SMILES string of the molecule is COc1cccc(OC)c1C(=O)Nc1cccc(C(=O)Nc2nccs2)c1. The lowest BCUT2D eigenvalue weighted by atomic mass is 10.1. The standard InChI is InChI=1S/C19H17N3O4S/c1-25-14-7-4-8-15(26-2)16(14)18(24)21-13-6-3-5-12(11-13)17(23)22-19-20-9-10-27-19/h3-11H,1-2H3,(H,21,24)(H,20,22,23). The monoisotopic (exact) mass is 383 g/mol. The van der Waals surface area contributed by atoms with Crippen molar-refractivity contribution in [2.45, 2.75) is 0 Å². The zero-order valence-electron chi connectivity index (χ0n) is 14.7. The van der Waals surface area contributed by atoms with Gasteiger partial charge >= 0.3 is 0 Å². The molecule has 2 amide bonds. The number of amides is 2. The minimum atomic E-state index is -0.401. The zero-order chi connectivity index (χ0) is 19.2. The van der Waals surface area contributed by atoms with E-state index in [0.29, 0.717) is 27.9 Å². The maximum atomic E-state index is 12.7. The van der Waals surface area contributed by atoms with Crippen LogP contribution < -0.4 is 20.1 Å². The third kappa shape index (κ3) is 4.24. The summed E-state index contributed by atoms with van der Waals surface area (Å²) in [6, 6.07) is 11.7. The number of hydrogen-bond acceptors (Lipinski definition) is 6. The number of hydrogen-bond donors (Lipinski definition) is 2. The molecule has 0 bridgehead atoms. The number of carbonyl (C=O) groups is 2. The third-order valence-corrected chi connectivity index (χ3v) is 4.38. The lowest BCUT2D eigenvalue weighted by Gasteiger charge is -2.13. The van der Waals surface area contributed by atoms with Crippen molar-refractivity contribution in [1.29, 1.82) is 0 Å². The zero-order valence-corrected chi connectivity index (χ0v) is 15.5. The summed E-state index contributed by atoms with van der Waals surface area (Å²) in [5, 5.41) is 7.75. The smallest absolute Gasteiger partial charge is 0.263 e. The summed E-state index contributed by atoms with van der Waals surface area (Å²) >= 11 is 1.33. The first-order chi connectivity index (χ1) is 13.1. The van der Waals surface area contributed by atoms with Gasteiger partial charge in [-0.2, -0.15) is 0 Å². The third-order valence-electron chi connectivity index (χ3n) is 3.69. The van der Waals surface area contributed by atoms with Crippen LogP contribution in [0.2, 0.25) is 0 Å². The quantitative estimate of drug-likeness (QED) is 0.678. The number of rotatable bonds is 6. The van der Waals surface area contributed by atoms with Crippen LogP contribution in [0.15, 0.2) is 54.0 Å². The van der Waals surface area contributed by atoms with E-state index in [1.165, 1.54) is 25.6 Å². The van der Waals surface area contributed by atoms with Crippen LogP contribution in [-0.2, 0) is 0 Å². The molecule has 2 N–H and O–H groups in total. The van der Waals surface area contributed by atoms with E-state index in [-0.39, 0.29) is 11.5 Å². The Labute approximate surface area is 160 Å². The Bertz CT molecular complexity index is 935. The number of benzene rings is 2. The predicted octanol–water partition coefficient (Wildman–Crippen LogP) is 3.66. The molecular formula is C19H17N3O4S. The molecule has 7 nitrogen and oxygen atoms in total. The minimum absolute atomic E-state index is 0.278. The van der Waals surface area contributed by atoms with E-state index in [1.54, 1.807) is 54.0 Å². The average molecular weight is 383 g/mol. The summed E-state index contributed by atoms with van der Waals surface area (Å²) in [6.45, 7) is 0. The van der Waals surface area contributed by atoms with Gasteiger partial charge in [-0.25, -0.2) is 4.98 Å². The van der Waals surface area contributed by atoms with Gasteiger partial charge in [0.25, 0.3) is 11.8 Å². The fourth-order valence-corrected chi connectivity index (χ4v) is 2.99. The molecule has 0 aliphatic heterocycles. The number of aromatic nitrogens is 1. The topological polar surface area (TPSA) is 89.5 Å². The highest BCUT2D eigenvalue weighted by Crippen LogP contribution is 2.29. The predicted molar refractivity (Wildman–Crippen MR) is 104 cm³/mol. The number of ether oxygens (including phenoxy) is 2. The fourth-order valence-electron chi connectivity index (χ4n) is 2.46. The lowest BCUT2D eigenvalue weighted by molar-refractivity contribution is 0.101. The molecule has 0 saturated heterocycles. The van der Waals surface area contributed by atoms with Crippen molar-refractivity contribution in [3.63, 3.8) is 0 Å². The van der Waals surface area contributed by atoms with E-state index in [9.17, 15) is 9.59 Å². The van der Waals surface area contributed by atoms with Crippen molar-refractivity contribution in [2.75, 3.05) is 24.9 Å². The van der Waals surface area contributed by atoms with E-state index in [2.05, 4.69) is 15.6 Å². The van der Waals surface area contributed by atoms with Crippen LogP contribution in [0.25, 0.3) is 0 Å². The molecule has 1 aromatic heterocycles. The van der Waals surface area contributed by atoms with E-state index in [1.807, 2.05) is 0 Å². The molecule has 0 spiro atoms. The summed E-state index contributed by atoms with van der Waals surface area (Å²) in [6.07, 6.45) is 1.61. The molecule has 3 rings (SSSR count). The molecule has 138 valence electrons.